The highest BCUT2D eigenvalue weighted by molar-refractivity contribution is 7.24. The van der Waals surface area contributed by atoms with Crippen molar-refractivity contribution in [3.05, 3.63) is 82.0 Å². The predicted molar refractivity (Wildman–Crippen MR) is 138 cm³/mol. The minimum absolute atomic E-state index is 0.0198. The van der Waals surface area contributed by atoms with Crippen LogP contribution in [0.4, 0.5) is 0 Å². The monoisotopic (exact) mass is 424 g/mol. The molecule has 0 aliphatic heterocycles. The molecule has 0 N–H and O–H groups in total. The Balaban J connectivity index is 1.85. The fourth-order valence-corrected chi connectivity index (χ4v) is 5.58. The van der Waals surface area contributed by atoms with Crippen molar-refractivity contribution in [2.24, 2.45) is 0 Å². The quantitative estimate of drug-likeness (QED) is 0.228. The Kier molecular flexibility index (Phi) is 4.33. The molecule has 0 atom stereocenters. The van der Waals surface area contributed by atoms with Crippen molar-refractivity contribution in [3.63, 3.8) is 0 Å². The van der Waals surface area contributed by atoms with E-state index in [0.29, 0.717) is 0 Å². The molecule has 4 aromatic carbocycles. The second-order valence-corrected chi connectivity index (χ2v) is 11.8. The van der Waals surface area contributed by atoms with Crippen LogP contribution in [0.1, 0.15) is 52.7 Å². The number of rotatable bonds is 0. The second kappa shape index (κ2) is 6.64. The minimum atomic E-state index is 0.0198. The lowest BCUT2D eigenvalue weighted by atomic mass is 9.83. The highest BCUT2D eigenvalue weighted by Crippen LogP contribution is 2.35. The van der Waals surface area contributed by atoms with Crippen molar-refractivity contribution in [3.8, 4) is 0 Å². The largest absolute Gasteiger partial charge is 0.289 e. The lowest BCUT2D eigenvalue weighted by Crippen LogP contribution is -2.12. The van der Waals surface area contributed by atoms with E-state index in [9.17, 15) is 4.79 Å². The summed E-state index contributed by atoms with van der Waals surface area (Å²) in [7, 11) is 0. The first-order valence-corrected chi connectivity index (χ1v) is 11.7. The van der Waals surface area contributed by atoms with Gasteiger partial charge in [-0.3, -0.25) is 4.79 Å². The number of hydrogen-bond donors (Lipinski definition) is 0. The first-order valence-electron chi connectivity index (χ1n) is 10.9. The third-order valence-corrected chi connectivity index (χ3v) is 7.43. The van der Waals surface area contributed by atoms with Gasteiger partial charge in [0.05, 0.1) is 0 Å². The Hall–Kier alpha value is -2.71. The Labute approximate surface area is 187 Å². The molecule has 0 unspecified atom stereocenters. The van der Waals surface area contributed by atoms with E-state index in [2.05, 4.69) is 102 Å². The summed E-state index contributed by atoms with van der Waals surface area (Å²) >= 11 is 1.71. The smallest absolute Gasteiger partial charge is 0.195 e. The molecule has 0 radical (unpaired) electrons. The van der Waals surface area contributed by atoms with Crippen molar-refractivity contribution in [2.45, 2.75) is 52.4 Å². The topological polar surface area (TPSA) is 17.1 Å². The zero-order valence-electron chi connectivity index (χ0n) is 19.1. The van der Waals surface area contributed by atoms with Crippen LogP contribution >= 0.6 is 11.3 Å². The average molecular weight is 425 g/mol. The van der Waals surface area contributed by atoms with E-state index in [1.165, 1.54) is 27.3 Å². The van der Waals surface area contributed by atoms with Crippen LogP contribution in [0.2, 0.25) is 0 Å². The van der Waals surface area contributed by atoms with E-state index < -0.39 is 0 Å². The van der Waals surface area contributed by atoms with Crippen molar-refractivity contribution in [1.29, 1.82) is 0 Å². The molecule has 1 nitrogen and oxygen atoms in total. The normalized spacial score (nSPS) is 13.0. The summed E-state index contributed by atoms with van der Waals surface area (Å²) in [5.74, 6) is 0. The van der Waals surface area contributed by atoms with Gasteiger partial charge < -0.3 is 0 Å². The van der Waals surface area contributed by atoms with Gasteiger partial charge in [0.15, 0.2) is 5.43 Å². The Morgan fingerprint density at radius 1 is 0.613 bits per heavy atom. The van der Waals surface area contributed by atoms with Crippen LogP contribution in [0.3, 0.4) is 0 Å². The third kappa shape index (κ3) is 3.34. The van der Waals surface area contributed by atoms with Crippen LogP contribution in [0.25, 0.3) is 41.7 Å². The van der Waals surface area contributed by atoms with Gasteiger partial charge in [-0.15, -0.1) is 11.3 Å². The molecule has 31 heavy (non-hydrogen) atoms. The highest BCUT2D eigenvalue weighted by atomic mass is 32.1. The number of benzene rings is 4. The molecule has 0 saturated carbocycles. The van der Waals surface area contributed by atoms with Gasteiger partial charge in [0, 0.05) is 20.2 Å². The average Bonchev–Trinajstić information content (AvgIpc) is 2.69. The first-order chi connectivity index (χ1) is 14.5. The van der Waals surface area contributed by atoms with E-state index in [4.69, 9.17) is 0 Å². The molecule has 0 aliphatic carbocycles. The van der Waals surface area contributed by atoms with Crippen LogP contribution in [-0.2, 0) is 10.8 Å². The van der Waals surface area contributed by atoms with Gasteiger partial charge in [0.1, 0.15) is 0 Å². The zero-order chi connectivity index (χ0) is 22.1. The summed E-state index contributed by atoms with van der Waals surface area (Å²) in [6.07, 6.45) is 0. The summed E-state index contributed by atoms with van der Waals surface area (Å²) in [4.78, 5) is 13.5. The maximum absolute atomic E-state index is 13.5. The van der Waals surface area contributed by atoms with Crippen molar-refractivity contribution < 1.29 is 0 Å². The maximum atomic E-state index is 13.5. The molecule has 156 valence electrons. The number of hydrogen-bond acceptors (Lipinski definition) is 2. The molecule has 0 amide bonds. The van der Waals surface area contributed by atoms with Gasteiger partial charge in [-0.2, -0.15) is 0 Å². The first kappa shape index (κ1) is 20.2. The Morgan fingerprint density at radius 3 is 2.00 bits per heavy atom. The van der Waals surface area contributed by atoms with Crippen LogP contribution < -0.4 is 5.43 Å². The molecule has 5 aromatic rings. The van der Waals surface area contributed by atoms with Gasteiger partial charge in [-0.1, -0.05) is 65.8 Å². The van der Waals surface area contributed by atoms with Crippen LogP contribution in [0.5, 0.6) is 0 Å². The van der Waals surface area contributed by atoms with Gasteiger partial charge in [0.2, 0.25) is 0 Å². The van der Waals surface area contributed by atoms with Crippen molar-refractivity contribution in [2.75, 3.05) is 0 Å². The zero-order valence-corrected chi connectivity index (χ0v) is 19.9. The summed E-state index contributed by atoms with van der Waals surface area (Å²) in [5.41, 5.74) is 2.76. The van der Waals surface area contributed by atoms with Crippen LogP contribution in [0.15, 0.2) is 65.5 Å². The summed E-state index contributed by atoms with van der Waals surface area (Å²) in [6.45, 7) is 13.3. The molecule has 1 heterocycles. The fourth-order valence-electron chi connectivity index (χ4n) is 4.50. The van der Waals surface area contributed by atoms with Gasteiger partial charge in [-0.25, -0.2) is 0 Å². The van der Waals surface area contributed by atoms with Crippen LogP contribution in [-0.4, -0.2) is 0 Å². The minimum Gasteiger partial charge on any atom is -0.289 e. The second-order valence-electron chi connectivity index (χ2n) is 10.7. The molecule has 2 heteroatoms. The molecular formula is C29H28OS. The maximum Gasteiger partial charge on any atom is 0.195 e. The van der Waals surface area contributed by atoms with Crippen LogP contribution in [0, 0.1) is 0 Å². The predicted octanol–water partition coefficient (Wildman–Crippen LogP) is 8.32. The van der Waals surface area contributed by atoms with E-state index in [1.54, 1.807) is 11.3 Å². The van der Waals surface area contributed by atoms with Gasteiger partial charge in [-0.05, 0) is 79.9 Å². The fraction of sp³-hybridized carbons (Fsp3) is 0.276. The molecule has 1 aromatic heterocycles. The van der Waals surface area contributed by atoms with Gasteiger partial charge >= 0.3 is 0 Å². The Bertz CT molecular complexity index is 1560. The lowest BCUT2D eigenvalue weighted by Gasteiger charge is -2.21. The SMILES string of the molecule is CC(C)(C)c1ccc2sc3cc4cc5cccc(C(C)(C)C)c5cc4cc3c(=O)c2c1. The number of fused-ring (bicyclic) bond motifs is 4. The molecule has 0 fully saturated rings. The molecule has 0 spiro atoms. The molecular weight excluding hydrogens is 396 g/mol. The summed E-state index contributed by atoms with van der Waals surface area (Å²) < 4.78 is 2.11. The van der Waals surface area contributed by atoms with Crippen molar-refractivity contribution >= 4 is 53.1 Å². The molecule has 0 aliphatic rings. The highest BCUT2D eigenvalue weighted by Gasteiger charge is 2.18. The van der Waals surface area contributed by atoms with E-state index in [0.717, 1.165) is 25.6 Å². The summed E-state index contributed by atoms with van der Waals surface area (Å²) in [6, 6.07) is 21.7. The van der Waals surface area contributed by atoms with E-state index in [-0.39, 0.29) is 16.3 Å². The standard InChI is InChI=1S/C29H28OS/c1-28(2,3)20-10-11-25-23(16-20)27(30)22-14-19-13-21-17(12-18(19)15-26(22)31-25)8-7-9-24(21)29(4,5)6/h7-16H,1-6H3. The Morgan fingerprint density at radius 2 is 1.29 bits per heavy atom. The molecule has 0 bridgehead atoms. The summed E-state index contributed by atoms with van der Waals surface area (Å²) in [5, 5.41) is 6.50. The lowest BCUT2D eigenvalue weighted by molar-refractivity contribution is 0.591. The molecule has 5 rings (SSSR count). The van der Waals surface area contributed by atoms with E-state index >= 15 is 0 Å². The molecule has 0 saturated heterocycles. The van der Waals surface area contributed by atoms with Crippen molar-refractivity contribution in [1.82, 2.24) is 0 Å². The van der Waals surface area contributed by atoms with E-state index in [1.807, 2.05) is 0 Å². The third-order valence-electron chi connectivity index (χ3n) is 6.30. The van der Waals surface area contributed by atoms with Gasteiger partial charge in [0.25, 0.3) is 0 Å².